The predicted molar refractivity (Wildman–Crippen MR) is 146 cm³/mol. The number of fused-ring (bicyclic) bond motifs is 2. The van der Waals surface area contributed by atoms with Crippen LogP contribution in [0, 0.1) is 6.92 Å². The average molecular weight is 546 g/mol. The number of aromatic nitrogens is 1. The van der Waals surface area contributed by atoms with Crippen molar-refractivity contribution in [1.29, 1.82) is 0 Å². The van der Waals surface area contributed by atoms with Gasteiger partial charge in [-0.05, 0) is 87.8 Å². The van der Waals surface area contributed by atoms with E-state index in [9.17, 15) is 4.79 Å². The number of nitrogens with zero attached hydrogens (tertiary/aromatic N) is 1. The summed E-state index contributed by atoms with van der Waals surface area (Å²) in [6.45, 7) is 2.01. The molecule has 0 radical (unpaired) electrons. The average Bonchev–Trinajstić information content (AvgIpc) is 3.27. The lowest BCUT2D eigenvalue weighted by Crippen LogP contribution is -2.34. The molecule has 8 heteroatoms. The topological polar surface area (TPSA) is 76.4 Å². The number of hydrogen-bond donors (Lipinski definition) is 2. The fourth-order valence-corrected chi connectivity index (χ4v) is 4.82. The van der Waals surface area contributed by atoms with Gasteiger partial charge in [0.05, 0.1) is 17.1 Å². The number of amides is 1. The van der Waals surface area contributed by atoms with Crippen LogP contribution in [0.3, 0.4) is 0 Å². The van der Waals surface area contributed by atoms with E-state index in [1.165, 1.54) is 7.11 Å². The molecule has 1 heterocycles. The molecule has 0 fully saturated rings. The lowest BCUT2D eigenvalue weighted by atomic mass is 10.1. The zero-order chi connectivity index (χ0) is 24.5. The fourth-order valence-electron chi connectivity index (χ4n) is 3.87. The zero-order valence-corrected chi connectivity index (χ0v) is 21.3. The molecule has 0 aliphatic carbocycles. The first kappa shape index (κ1) is 23.0. The Morgan fingerprint density at radius 1 is 1.06 bits per heavy atom. The molecule has 174 valence electrons. The number of rotatable bonds is 4. The van der Waals surface area contributed by atoms with E-state index in [2.05, 4.69) is 31.5 Å². The first-order valence-corrected chi connectivity index (χ1v) is 12.0. The van der Waals surface area contributed by atoms with Gasteiger partial charge in [-0.2, -0.15) is 0 Å². The van der Waals surface area contributed by atoms with Crippen LogP contribution in [-0.2, 0) is 0 Å². The van der Waals surface area contributed by atoms with Crippen molar-refractivity contribution in [3.8, 4) is 17.2 Å². The molecule has 2 N–H and O–H groups in total. The summed E-state index contributed by atoms with van der Waals surface area (Å²) in [5, 5.41) is 7.82. The minimum Gasteiger partial charge on any atom is -0.495 e. The SMILES string of the molecule is COc1c(C(=O)NC(=S)Nc2cccc(-c3nc4ccc(C)cc4o3)c2)cc2ccccc2c1Br. The highest BCUT2D eigenvalue weighted by atomic mass is 79.9. The van der Waals surface area contributed by atoms with Crippen LogP contribution in [0.1, 0.15) is 15.9 Å². The lowest BCUT2D eigenvalue weighted by molar-refractivity contribution is 0.0975. The normalized spacial score (nSPS) is 10.9. The summed E-state index contributed by atoms with van der Waals surface area (Å²) in [7, 11) is 1.53. The van der Waals surface area contributed by atoms with Crippen molar-refractivity contribution in [2.75, 3.05) is 12.4 Å². The molecule has 0 aliphatic rings. The molecule has 0 saturated heterocycles. The Hall–Kier alpha value is -3.75. The Bertz CT molecular complexity index is 1610. The van der Waals surface area contributed by atoms with Crippen LogP contribution in [-0.4, -0.2) is 23.1 Å². The standard InChI is InChI=1S/C27H20BrN3O3S/c1-15-10-11-21-22(12-15)34-26(30-21)17-7-5-8-18(13-17)29-27(35)31-25(32)20-14-16-6-3-4-9-19(16)23(28)24(20)33-2/h3-14H,1-2H3,(H2,29,31,32,35). The van der Waals surface area contributed by atoms with Crippen molar-refractivity contribution >= 4 is 66.7 Å². The van der Waals surface area contributed by atoms with E-state index in [0.717, 1.165) is 33.0 Å². The van der Waals surface area contributed by atoms with Gasteiger partial charge in [0.1, 0.15) is 11.3 Å². The van der Waals surface area contributed by atoms with Crippen molar-refractivity contribution in [2.24, 2.45) is 0 Å². The van der Waals surface area contributed by atoms with Crippen molar-refractivity contribution in [1.82, 2.24) is 10.3 Å². The molecule has 5 rings (SSSR count). The van der Waals surface area contributed by atoms with Crippen molar-refractivity contribution in [3.05, 3.63) is 88.4 Å². The third kappa shape index (κ3) is 4.62. The van der Waals surface area contributed by atoms with Gasteiger partial charge in [0.2, 0.25) is 5.89 Å². The number of carbonyl (C=O) groups excluding carboxylic acids is 1. The second-order valence-corrected chi connectivity index (χ2v) is 9.17. The Labute approximate surface area is 215 Å². The van der Waals surface area contributed by atoms with Gasteiger partial charge in [0.25, 0.3) is 5.91 Å². The van der Waals surface area contributed by atoms with Crippen molar-refractivity contribution in [2.45, 2.75) is 6.92 Å². The number of ether oxygens (including phenoxy) is 1. The van der Waals surface area contributed by atoms with Crippen LogP contribution in [0.4, 0.5) is 5.69 Å². The van der Waals surface area contributed by atoms with E-state index < -0.39 is 0 Å². The number of benzene rings is 4. The van der Waals surface area contributed by atoms with E-state index in [0.29, 0.717) is 27.4 Å². The number of halogens is 1. The minimum atomic E-state index is -0.378. The van der Waals surface area contributed by atoms with Crippen molar-refractivity contribution in [3.63, 3.8) is 0 Å². The molecule has 0 atom stereocenters. The molecule has 35 heavy (non-hydrogen) atoms. The molecule has 6 nitrogen and oxygen atoms in total. The van der Waals surface area contributed by atoms with E-state index in [4.69, 9.17) is 21.4 Å². The minimum absolute atomic E-state index is 0.159. The summed E-state index contributed by atoms with van der Waals surface area (Å²) >= 11 is 8.97. The second-order valence-electron chi connectivity index (χ2n) is 7.97. The number of hydrogen-bond acceptors (Lipinski definition) is 5. The smallest absolute Gasteiger partial charge is 0.261 e. The number of oxazole rings is 1. The summed E-state index contributed by atoms with van der Waals surface area (Å²) in [5.41, 5.74) is 4.49. The van der Waals surface area contributed by atoms with Gasteiger partial charge in [-0.1, -0.05) is 36.4 Å². The number of methoxy groups -OCH3 is 1. The van der Waals surface area contributed by atoms with E-state index in [1.54, 1.807) is 6.07 Å². The van der Waals surface area contributed by atoms with Crippen LogP contribution in [0.25, 0.3) is 33.3 Å². The third-order valence-corrected chi connectivity index (χ3v) is 6.52. The second kappa shape index (κ2) is 9.48. The first-order chi connectivity index (χ1) is 16.9. The summed E-state index contributed by atoms with van der Waals surface area (Å²) in [4.78, 5) is 17.6. The number of nitrogens with one attached hydrogen (secondary N) is 2. The van der Waals surface area contributed by atoms with Crippen molar-refractivity contribution < 1.29 is 13.9 Å². The first-order valence-electron chi connectivity index (χ1n) is 10.8. The molecule has 5 aromatic rings. The van der Waals surface area contributed by atoms with Gasteiger partial charge in [0.15, 0.2) is 10.7 Å². The maximum atomic E-state index is 13.1. The molecule has 1 aromatic heterocycles. The van der Waals surface area contributed by atoms with Crippen LogP contribution >= 0.6 is 28.1 Å². The van der Waals surface area contributed by atoms with Crippen LogP contribution in [0.2, 0.25) is 0 Å². The summed E-state index contributed by atoms with van der Waals surface area (Å²) in [5.74, 6) is 0.573. The monoisotopic (exact) mass is 545 g/mol. The predicted octanol–water partition coefficient (Wildman–Crippen LogP) is 6.85. The highest BCUT2D eigenvalue weighted by Crippen LogP contribution is 2.36. The number of carbonyl (C=O) groups is 1. The molecule has 0 saturated carbocycles. The molecule has 0 unspecified atom stereocenters. The van der Waals surface area contributed by atoms with Crippen LogP contribution in [0.15, 0.2) is 81.7 Å². The molecule has 0 aliphatic heterocycles. The summed E-state index contributed by atoms with van der Waals surface area (Å²) in [6, 6.07) is 22.9. The van der Waals surface area contributed by atoms with E-state index in [-0.39, 0.29) is 11.0 Å². The van der Waals surface area contributed by atoms with Gasteiger partial charge in [-0.25, -0.2) is 4.98 Å². The molecule has 0 bridgehead atoms. The molecule has 0 spiro atoms. The van der Waals surface area contributed by atoms with Crippen LogP contribution < -0.4 is 15.4 Å². The quantitative estimate of drug-likeness (QED) is 0.240. The maximum Gasteiger partial charge on any atom is 0.261 e. The van der Waals surface area contributed by atoms with Gasteiger partial charge in [0, 0.05) is 11.3 Å². The van der Waals surface area contributed by atoms with Gasteiger partial charge in [-0.15, -0.1) is 0 Å². The molecule has 4 aromatic carbocycles. The number of aryl methyl sites for hydroxylation is 1. The molecular formula is C27H20BrN3O3S. The largest absolute Gasteiger partial charge is 0.495 e. The molecular weight excluding hydrogens is 526 g/mol. The fraction of sp³-hybridized carbons (Fsp3) is 0.0741. The molecule has 1 amide bonds. The zero-order valence-electron chi connectivity index (χ0n) is 18.9. The van der Waals surface area contributed by atoms with E-state index >= 15 is 0 Å². The third-order valence-electron chi connectivity index (χ3n) is 5.53. The highest BCUT2D eigenvalue weighted by Gasteiger charge is 2.19. The Morgan fingerprint density at radius 3 is 2.71 bits per heavy atom. The summed E-state index contributed by atoms with van der Waals surface area (Å²) in [6.07, 6.45) is 0. The van der Waals surface area contributed by atoms with Crippen LogP contribution in [0.5, 0.6) is 5.75 Å². The Morgan fingerprint density at radius 2 is 1.89 bits per heavy atom. The van der Waals surface area contributed by atoms with E-state index in [1.807, 2.05) is 73.7 Å². The maximum absolute atomic E-state index is 13.1. The Kier molecular flexibility index (Phi) is 6.23. The van der Waals surface area contributed by atoms with Gasteiger partial charge in [-0.3, -0.25) is 10.1 Å². The lowest BCUT2D eigenvalue weighted by Gasteiger charge is -2.14. The highest BCUT2D eigenvalue weighted by molar-refractivity contribution is 9.10. The summed E-state index contributed by atoms with van der Waals surface area (Å²) < 4.78 is 12.2. The van der Waals surface area contributed by atoms with Gasteiger partial charge >= 0.3 is 0 Å². The Balaban J connectivity index is 1.36. The number of thiocarbonyl (C=S) groups is 1. The van der Waals surface area contributed by atoms with Gasteiger partial charge < -0.3 is 14.5 Å². The number of anilines is 1.